The van der Waals surface area contributed by atoms with E-state index in [1.807, 2.05) is 84.9 Å². The fraction of sp³-hybridized carbons (Fsp3) is 0.355. The molecule has 6 nitrogen and oxygen atoms in total. The van der Waals surface area contributed by atoms with E-state index in [9.17, 15) is 9.59 Å². The molecule has 0 aliphatic rings. The zero-order valence-electron chi connectivity index (χ0n) is 22.1. The summed E-state index contributed by atoms with van der Waals surface area (Å²) < 4.78 is 11.2. The van der Waals surface area contributed by atoms with Crippen molar-refractivity contribution in [2.75, 3.05) is 20.3 Å². The van der Waals surface area contributed by atoms with Gasteiger partial charge in [0.05, 0.1) is 13.7 Å². The topological polar surface area (TPSA) is 67.9 Å². The Morgan fingerprint density at radius 3 is 2.19 bits per heavy atom. The van der Waals surface area contributed by atoms with Crippen molar-refractivity contribution in [3.8, 4) is 11.5 Å². The molecule has 37 heavy (non-hydrogen) atoms. The van der Waals surface area contributed by atoms with E-state index in [1.165, 1.54) is 0 Å². The number of amides is 2. The molecule has 0 radical (unpaired) electrons. The van der Waals surface area contributed by atoms with Gasteiger partial charge in [0.2, 0.25) is 11.8 Å². The molecule has 3 aromatic rings. The Kier molecular flexibility index (Phi) is 11.0. The molecule has 0 bridgehead atoms. The summed E-state index contributed by atoms with van der Waals surface area (Å²) in [6.07, 6.45) is 1.26. The van der Waals surface area contributed by atoms with Crippen LogP contribution in [0.15, 0.2) is 84.9 Å². The number of rotatable bonds is 14. The number of carbonyl (C=O) groups is 2. The summed E-state index contributed by atoms with van der Waals surface area (Å²) in [7, 11) is 1.62. The monoisotopic (exact) mass is 502 g/mol. The molecule has 3 aromatic carbocycles. The van der Waals surface area contributed by atoms with Gasteiger partial charge in [-0.3, -0.25) is 9.59 Å². The zero-order chi connectivity index (χ0) is 26.5. The van der Waals surface area contributed by atoms with Crippen LogP contribution in [-0.2, 0) is 22.6 Å². The Labute approximate surface area is 220 Å². The van der Waals surface area contributed by atoms with Gasteiger partial charge in [0.25, 0.3) is 0 Å². The smallest absolute Gasteiger partial charge is 0.243 e. The highest BCUT2D eigenvalue weighted by atomic mass is 16.5. The molecule has 0 saturated heterocycles. The molecule has 0 unspecified atom stereocenters. The fourth-order valence-electron chi connectivity index (χ4n) is 4.02. The average molecular weight is 503 g/mol. The van der Waals surface area contributed by atoms with Crippen LogP contribution in [0.2, 0.25) is 0 Å². The van der Waals surface area contributed by atoms with Crippen molar-refractivity contribution >= 4 is 11.8 Å². The van der Waals surface area contributed by atoms with Crippen molar-refractivity contribution in [2.45, 2.75) is 45.7 Å². The molecule has 0 spiro atoms. The first-order chi connectivity index (χ1) is 18.0. The molecule has 0 aromatic heterocycles. The van der Waals surface area contributed by atoms with Crippen molar-refractivity contribution in [3.63, 3.8) is 0 Å². The highest BCUT2D eigenvalue weighted by Crippen LogP contribution is 2.20. The maximum absolute atomic E-state index is 13.6. The van der Waals surface area contributed by atoms with Crippen LogP contribution in [0.5, 0.6) is 11.5 Å². The van der Waals surface area contributed by atoms with Gasteiger partial charge in [-0.15, -0.1) is 0 Å². The van der Waals surface area contributed by atoms with Crippen molar-refractivity contribution in [1.29, 1.82) is 0 Å². The number of hydrogen-bond acceptors (Lipinski definition) is 4. The van der Waals surface area contributed by atoms with E-state index in [0.717, 1.165) is 16.9 Å². The van der Waals surface area contributed by atoms with Crippen molar-refractivity contribution < 1.29 is 19.1 Å². The molecule has 0 saturated carbocycles. The van der Waals surface area contributed by atoms with Crippen LogP contribution >= 0.6 is 0 Å². The number of nitrogens with zero attached hydrogens (tertiary/aromatic N) is 1. The molecular formula is C31H38N2O4. The fourth-order valence-corrected chi connectivity index (χ4v) is 4.02. The van der Waals surface area contributed by atoms with Gasteiger partial charge in [-0.2, -0.15) is 0 Å². The molecular weight excluding hydrogens is 464 g/mol. The molecule has 196 valence electrons. The van der Waals surface area contributed by atoms with Gasteiger partial charge in [-0.25, -0.2) is 0 Å². The van der Waals surface area contributed by atoms with Gasteiger partial charge < -0.3 is 19.7 Å². The number of carbonyl (C=O) groups excluding carboxylic acids is 2. The number of para-hydroxylation sites is 1. The van der Waals surface area contributed by atoms with Crippen LogP contribution < -0.4 is 14.8 Å². The average Bonchev–Trinajstić information content (AvgIpc) is 2.92. The molecule has 0 heterocycles. The van der Waals surface area contributed by atoms with E-state index in [4.69, 9.17) is 9.47 Å². The third-order valence-corrected chi connectivity index (χ3v) is 5.99. The van der Waals surface area contributed by atoms with Gasteiger partial charge in [-0.05, 0) is 47.7 Å². The molecule has 6 heteroatoms. The number of ether oxygens (including phenoxy) is 2. The molecule has 0 aliphatic heterocycles. The molecule has 0 aliphatic carbocycles. The second-order valence-corrected chi connectivity index (χ2v) is 9.48. The third-order valence-electron chi connectivity index (χ3n) is 5.99. The Hall–Kier alpha value is -3.80. The Morgan fingerprint density at radius 2 is 1.51 bits per heavy atom. The summed E-state index contributed by atoms with van der Waals surface area (Å²) in [6, 6.07) is 26.4. The first-order valence-corrected chi connectivity index (χ1v) is 12.9. The molecule has 0 fully saturated rings. The summed E-state index contributed by atoms with van der Waals surface area (Å²) in [5.41, 5.74) is 1.91. The Morgan fingerprint density at radius 1 is 0.865 bits per heavy atom. The van der Waals surface area contributed by atoms with Crippen LogP contribution in [0.25, 0.3) is 0 Å². The van der Waals surface area contributed by atoms with Crippen LogP contribution in [0, 0.1) is 5.92 Å². The number of nitrogens with one attached hydrogen (secondary N) is 1. The minimum atomic E-state index is -0.644. The summed E-state index contributed by atoms with van der Waals surface area (Å²) in [6.45, 7) is 5.39. The van der Waals surface area contributed by atoms with Gasteiger partial charge >= 0.3 is 0 Å². The van der Waals surface area contributed by atoms with E-state index in [-0.39, 0.29) is 18.2 Å². The minimum absolute atomic E-state index is 0.0832. The minimum Gasteiger partial charge on any atom is -0.497 e. The quantitative estimate of drug-likeness (QED) is 0.305. The lowest BCUT2D eigenvalue weighted by atomic mass is 10.0. The lowest BCUT2D eigenvalue weighted by molar-refractivity contribution is -0.141. The van der Waals surface area contributed by atoms with Gasteiger partial charge in [0, 0.05) is 25.9 Å². The highest BCUT2D eigenvalue weighted by Gasteiger charge is 2.30. The highest BCUT2D eigenvalue weighted by molar-refractivity contribution is 5.88. The van der Waals surface area contributed by atoms with Gasteiger partial charge in [0.1, 0.15) is 17.5 Å². The maximum atomic E-state index is 13.6. The Balaban J connectivity index is 1.81. The maximum Gasteiger partial charge on any atom is 0.243 e. The van der Waals surface area contributed by atoms with Crippen LogP contribution in [-0.4, -0.2) is 43.0 Å². The van der Waals surface area contributed by atoms with Crippen LogP contribution in [0.4, 0.5) is 0 Å². The van der Waals surface area contributed by atoms with Crippen molar-refractivity contribution in [3.05, 3.63) is 96.1 Å². The van der Waals surface area contributed by atoms with Crippen LogP contribution in [0.1, 0.15) is 37.8 Å². The van der Waals surface area contributed by atoms with Crippen molar-refractivity contribution in [1.82, 2.24) is 10.2 Å². The van der Waals surface area contributed by atoms with E-state index < -0.39 is 6.04 Å². The normalized spacial score (nSPS) is 11.6. The van der Waals surface area contributed by atoms with E-state index in [1.54, 1.807) is 12.0 Å². The standard InChI is InChI=1S/C31H38N2O4/c1-24(2)22-32-31(35)29(21-25-12-6-4-7-13-25)33(23-26-14-10-17-28(20-26)36-3)30(34)18-11-19-37-27-15-8-5-9-16-27/h4-10,12-17,20,24,29H,11,18-19,21-23H2,1-3H3,(H,32,35)/t29-/m0/s1. The number of methoxy groups -OCH3 is 1. The zero-order valence-corrected chi connectivity index (χ0v) is 22.1. The predicted molar refractivity (Wildman–Crippen MR) is 146 cm³/mol. The predicted octanol–water partition coefficient (Wildman–Crippen LogP) is 5.27. The van der Waals surface area contributed by atoms with E-state index in [0.29, 0.717) is 44.2 Å². The first-order valence-electron chi connectivity index (χ1n) is 12.9. The second-order valence-electron chi connectivity index (χ2n) is 9.48. The SMILES string of the molecule is COc1cccc(CN(C(=O)CCCOc2ccccc2)[C@@H](Cc2ccccc2)C(=O)NCC(C)C)c1. The number of benzene rings is 3. The van der Waals surface area contributed by atoms with Gasteiger partial charge in [-0.1, -0.05) is 74.5 Å². The molecule has 1 atom stereocenters. The van der Waals surface area contributed by atoms with E-state index in [2.05, 4.69) is 19.2 Å². The second kappa shape index (κ2) is 14.7. The van der Waals surface area contributed by atoms with E-state index >= 15 is 0 Å². The van der Waals surface area contributed by atoms with Gasteiger partial charge in [0.15, 0.2) is 0 Å². The summed E-state index contributed by atoms with van der Waals surface area (Å²) >= 11 is 0. The lowest BCUT2D eigenvalue weighted by Crippen LogP contribution is -2.51. The van der Waals surface area contributed by atoms with Crippen molar-refractivity contribution in [2.24, 2.45) is 5.92 Å². The lowest BCUT2D eigenvalue weighted by Gasteiger charge is -2.32. The van der Waals surface area contributed by atoms with Crippen LogP contribution in [0.3, 0.4) is 0 Å². The summed E-state index contributed by atoms with van der Waals surface area (Å²) in [4.78, 5) is 28.8. The molecule has 1 N–H and O–H groups in total. The molecule has 2 amide bonds. The third kappa shape index (κ3) is 9.30. The largest absolute Gasteiger partial charge is 0.497 e. The Bertz CT molecular complexity index is 1100. The summed E-state index contributed by atoms with van der Waals surface area (Å²) in [5.74, 6) is 1.57. The summed E-state index contributed by atoms with van der Waals surface area (Å²) in [5, 5.41) is 3.05. The molecule has 3 rings (SSSR count). The number of hydrogen-bond donors (Lipinski definition) is 1. The first kappa shape index (κ1) is 27.8.